The summed E-state index contributed by atoms with van der Waals surface area (Å²) < 4.78 is 25.9. The fourth-order valence-electron chi connectivity index (χ4n) is 1.90. The number of sulfonamides is 1. The van der Waals surface area contributed by atoms with Gasteiger partial charge in [0.15, 0.2) is 0 Å². The summed E-state index contributed by atoms with van der Waals surface area (Å²) in [6, 6.07) is -0.546. The van der Waals surface area contributed by atoms with Crippen LogP contribution in [0.5, 0.6) is 0 Å². The Kier molecular flexibility index (Phi) is 9.37. The number of amides is 1. The third-order valence-electron chi connectivity index (χ3n) is 3.42. The molecule has 0 aromatic heterocycles. The lowest BCUT2D eigenvalue weighted by molar-refractivity contribution is -0.122. The summed E-state index contributed by atoms with van der Waals surface area (Å²) in [5.41, 5.74) is 5.62. The van der Waals surface area contributed by atoms with Crippen LogP contribution in [0.2, 0.25) is 0 Å². The highest BCUT2D eigenvalue weighted by molar-refractivity contribution is 7.89. The SMILES string of the molecule is CCCC(N)C(=O)NCCS(=O)(=O)NCC1CCC1.Cl. The van der Waals surface area contributed by atoms with Gasteiger partial charge in [0, 0.05) is 13.1 Å². The molecule has 1 atom stereocenters. The van der Waals surface area contributed by atoms with Gasteiger partial charge in [0.1, 0.15) is 0 Å². The smallest absolute Gasteiger partial charge is 0.236 e. The van der Waals surface area contributed by atoms with Crippen LogP contribution in [-0.2, 0) is 14.8 Å². The maximum Gasteiger partial charge on any atom is 0.236 e. The van der Waals surface area contributed by atoms with Crippen LogP contribution in [0, 0.1) is 5.92 Å². The van der Waals surface area contributed by atoms with Crippen molar-refractivity contribution in [2.45, 2.75) is 45.1 Å². The first kappa shape index (κ1) is 19.6. The number of hydrogen-bond donors (Lipinski definition) is 3. The molecule has 4 N–H and O–H groups in total. The lowest BCUT2D eigenvalue weighted by Gasteiger charge is -2.25. The van der Waals surface area contributed by atoms with E-state index in [1.54, 1.807) is 0 Å². The molecule has 0 aromatic rings. The van der Waals surface area contributed by atoms with E-state index >= 15 is 0 Å². The summed E-state index contributed by atoms with van der Waals surface area (Å²) in [7, 11) is -3.29. The average molecular weight is 328 g/mol. The number of nitrogens with one attached hydrogen (secondary N) is 2. The molecule has 1 aliphatic rings. The van der Waals surface area contributed by atoms with Gasteiger partial charge in [-0.2, -0.15) is 0 Å². The minimum absolute atomic E-state index is 0. The van der Waals surface area contributed by atoms with Gasteiger partial charge in [-0.3, -0.25) is 4.79 Å². The highest BCUT2D eigenvalue weighted by Crippen LogP contribution is 2.25. The predicted molar refractivity (Wildman–Crippen MR) is 82.3 cm³/mol. The normalized spacial score (nSPS) is 16.9. The van der Waals surface area contributed by atoms with Gasteiger partial charge in [-0.1, -0.05) is 19.8 Å². The lowest BCUT2D eigenvalue weighted by Crippen LogP contribution is -2.43. The van der Waals surface area contributed by atoms with Crippen molar-refractivity contribution < 1.29 is 13.2 Å². The summed E-state index contributed by atoms with van der Waals surface area (Å²) in [4.78, 5) is 11.5. The molecule has 0 radical (unpaired) electrons. The molecule has 1 unspecified atom stereocenters. The molecule has 0 spiro atoms. The molecule has 8 heteroatoms. The lowest BCUT2D eigenvalue weighted by atomic mass is 9.86. The summed E-state index contributed by atoms with van der Waals surface area (Å²) in [6.07, 6.45) is 4.84. The summed E-state index contributed by atoms with van der Waals surface area (Å²) in [6.45, 7) is 2.57. The Morgan fingerprint density at radius 3 is 2.55 bits per heavy atom. The molecule has 1 amide bonds. The molecule has 0 aliphatic heterocycles. The van der Waals surface area contributed by atoms with Gasteiger partial charge in [-0.15, -0.1) is 12.4 Å². The molecule has 0 bridgehead atoms. The number of carbonyl (C=O) groups excluding carboxylic acids is 1. The maximum atomic E-state index is 11.7. The molecule has 1 saturated carbocycles. The minimum atomic E-state index is -3.29. The van der Waals surface area contributed by atoms with E-state index in [0.29, 0.717) is 18.9 Å². The van der Waals surface area contributed by atoms with E-state index in [-0.39, 0.29) is 30.6 Å². The van der Waals surface area contributed by atoms with Crippen molar-refractivity contribution in [3.8, 4) is 0 Å². The number of rotatable bonds is 9. The fraction of sp³-hybridized carbons (Fsp3) is 0.917. The van der Waals surface area contributed by atoms with Gasteiger partial charge in [-0.25, -0.2) is 13.1 Å². The van der Waals surface area contributed by atoms with Crippen molar-refractivity contribution in [2.75, 3.05) is 18.8 Å². The Labute approximate surface area is 127 Å². The van der Waals surface area contributed by atoms with Crippen LogP contribution in [0.3, 0.4) is 0 Å². The van der Waals surface area contributed by atoms with E-state index in [4.69, 9.17) is 5.73 Å². The van der Waals surface area contributed by atoms with E-state index in [0.717, 1.165) is 19.3 Å². The van der Waals surface area contributed by atoms with Gasteiger partial charge < -0.3 is 11.1 Å². The van der Waals surface area contributed by atoms with Gasteiger partial charge in [0.25, 0.3) is 0 Å². The Balaban J connectivity index is 0.00000361. The Morgan fingerprint density at radius 2 is 2.05 bits per heavy atom. The minimum Gasteiger partial charge on any atom is -0.354 e. The first-order chi connectivity index (χ1) is 8.94. The van der Waals surface area contributed by atoms with E-state index in [9.17, 15) is 13.2 Å². The molecular weight excluding hydrogens is 302 g/mol. The zero-order valence-corrected chi connectivity index (χ0v) is 13.6. The molecule has 120 valence electrons. The topological polar surface area (TPSA) is 101 Å². The Bertz CT molecular complexity index is 385. The van der Waals surface area contributed by atoms with Crippen LogP contribution in [0.1, 0.15) is 39.0 Å². The van der Waals surface area contributed by atoms with Crippen LogP contribution in [0.15, 0.2) is 0 Å². The van der Waals surface area contributed by atoms with Crippen molar-refractivity contribution in [1.29, 1.82) is 0 Å². The number of hydrogen-bond acceptors (Lipinski definition) is 4. The molecule has 1 aliphatic carbocycles. The first-order valence-corrected chi connectivity index (χ1v) is 8.60. The largest absolute Gasteiger partial charge is 0.354 e. The fourth-order valence-corrected chi connectivity index (χ4v) is 2.90. The van der Waals surface area contributed by atoms with Crippen LogP contribution in [0.25, 0.3) is 0 Å². The summed E-state index contributed by atoms with van der Waals surface area (Å²) in [5, 5.41) is 2.56. The number of halogens is 1. The van der Waals surface area contributed by atoms with E-state index in [1.807, 2.05) is 6.92 Å². The Hall–Kier alpha value is -0.370. The van der Waals surface area contributed by atoms with Gasteiger partial charge in [0.2, 0.25) is 15.9 Å². The monoisotopic (exact) mass is 327 g/mol. The molecule has 1 fully saturated rings. The highest BCUT2D eigenvalue weighted by atomic mass is 35.5. The molecular formula is C12H26ClN3O3S. The van der Waals surface area contributed by atoms with Gasteiger partial charge >= 0.3 is 0 Å². The third-order valence-corrected chi connectivity index (χ3v) is 4.77. The third kappa shape index (κ3) is 7.42. The molecule has 6 nitrogen and oxygen atoms in total. The van der Waals surface area contributed by atoms with E-state index in [2.05, 4.69) is 10.0 Å². The van der Waals surface area contributed by atoms with Crippen molar-refractivity contribution >= 4 is 28.3 Å². The van der Waals surface area contributed by atoms with Crippen LogP contribution in [-0.4, -0.2) is 39.2 Å². The van der Waals surface area contributed by atoms with Gasteiger partial charge in [-0.05, 0) is 25.2 Å². The van der Waals surface area contributed by atoms with Crippen LogP contribution >= 0.6 is 12.4 Å². The number of carbonyl (C=O) groups is 1. The van der Waals surface area contributed by atoms with Crippen LogP contribution < -0.4 is 15.8 Å². The van der Waals surface area contributed by atoms with Gasteiger partial charge in [0.05, 0.1) is 11.8 Å². The maximum absolute atomic E-state index is 11.7. The molecule has 0 aromatic carbocycles. The van der Waals surface area contributed by atoms with E-state index in [1.165, 1.54) is 6.42 Å². The summed E-state index contributed by atoms with van der Waals surface area (Å²) >= 11 is 0. The summed E-state index contributed by atoms with van der Waals surface area (Å²) in [5.74, 6) is 0.114. The zero-order valence-electron chi connectivity index (χ0n) is 11.9. The first-order valence-electron chi connectivity index (χ1n) is 6.95. The second-order valence-electron chi connectivity index (χ2n) is 5.15. The standard InChI is InChI=1S/C12H25N3O3S.ClH/c1-2-4-11(13)12(16)14-7-8-19(17,18)15-9-10-5-3-6-10;/h10-11,15H,2-9,13H2,1H3,(H,14,16);1H. The molecule has 20 heavy (non-hydrogen) atoms. The number of nitrogens with two attached hydrogens (primary N) is 1. The van der Waals surface area contributed by atoms with Crippen molar-refractivity contribution in [1.82, 2.24) is 10.0 Å². The Morgan fingerprint density at radius 1 is 1.40 bits per heavy atom. The second-order valence-corrected chi connectivity index (χ2v) is 7.08. The quantitative estimate of drug-likeness (QED) is 0.569. The van der Waals surface area contributed by atoms with E-state index < -0.39 is 16.1 Å². The molecule has 0 heterocycles. The predicted octanol–water partition coefficient (Wildman–Crippen LogP) is 0.371. The second kappa shape index (κ2) is 9.55. The van der Waals surface area contributed by atoms with Crippen LogP contribution in [0.4, 0.5) is 0 Å². The highest BCUT2D eigenvalue weighted by Gasteiger charge is 2.20. The van der Waals surface area contributed by atoms with Crippen molar-refractivity contribution in [3.05, 3.63) is 0 Å². The zero-order chi connectivity index (χ0) is 14.3. The van der Waals surface area contributed by atoms with Crippen molar-refractivity contribution in [2.24, 2.45) is 11.7 Å². The average Bonchev–Trinajstić information content (AvgIpc) is 2.26. The molecule has 0 saturated heterocycles. The molecule has 1 rings (SSSR count). The van der Waals surface area contributed by atoms with Crippen molar-refractivity contribution in [3.63, 3.8) is 0 Å².